The average Bonchev–Trinajstić information content (AvgIpc) is 2.53. The number of halogens is 1. The van der Waals surface area contributed by atoms with Crippen LogP contribution in [0.4, 0.5) is 5.69 Å². The van der Waals surface area contributed by atoms with Crippen molar-refractivity contribution in [3.8, 4) is 0 Å². The third-order valence-electron chi connectivity index (χ3n) is 3.45. The van der Waals surface area contributed by atoms with Gasteiger partial charge in [-0.25, -0.2) is 12.7 Å². The lowest BCUT2D eigenvalue weighted by atomic mass is 10.1. The lowest BCUT2D eigenvalue weighted by molar-refractivity contribution is -0.116. The number of carbonyl (C=O) groups excluding carboxylic acids is 1. The summed E-state index contributed by atoms with van der Waals surface area (Å²) in [5.74, 6) is -0.0851. The van der Waals surface area contributed by atoms with Gasteiger partial charge in [-0.1, -0.05) is 34.1 Å². The fourth-order valence-corrected chi connectivity index (χ4v) is 3.39. The van der Waals surface area contributed by atoms with Crippen LogP contribution in [0.3, 0.4) is 0 Å². The lowest BCUT2D eigenvalue weighted by Gasteiger charge is -2.11. The molecule has 0 bridgehead atoms. The van der Waals surface area contributed by atoms with Crippen LogP contribution in [0.15, 0.2) is 57.9 Å². The molecule has 1 amide bonds. The molecule has 0 unspecified atom stereocenters. The van der Waals surface area contributed by atoms with Crippen molar-refractivity contribution in [3.63, 3.8) is 0 Å². The summed E-state index contributed by atoms with van der Waals surface area (Å²) in [5.41, 5.74) is 1.65. The second-order valence-electron chi connectivity index (χ2n) is 5.49. The van der Waals surface area contributed by atoms with E-state index in [1.54, 1.807) is 24.3 Å². The SMILES string of the molecule is CN(C)S(=O)(=O)c1ccc(CCC(=O)Nc2cccc(Br)c2)cc1. The largest absolute Gasteiger partial charge is 0.326 e. The van der Waals surface area contributed by atoms with Crippen LogP contribution in [-0.2, 0) is 21.2 Å². The van der Waals surface area contributed by atoms with Gasteiger partial charge < -0.3 is 5.32 Å². The summed E-state index contributed by atoms with van der Waals surface area (Å²) in [7, 11) is -0.429. The molecule has 0 aliphatic heterocycles. The second kappa shape index (κ2) is 7.92. The molecule has 0 aromatic heterocycles. The summed E-state index contributed by atoms with van der Waals surface area (Å²) in [4.78, 5) is 12.2. The maximum atomic E-state index is 12.0. The first kappa shape index (κ1) is 18.6. The Kier molecular flexibility index (Phi) is 6.15. The van der Waals surface area contributed by atoms with E-state index in [1.165, 1.54) is 18.4 Å². The molecular formula is C17H19BrN2O3S. The predicted molar refractivity (Wildman–Crippen MR) is 98.4 cm³/mol. The number of rotatable bonds is 6. The normalized spacial score (nSPS) is 11.5. The minimum atomic E-state index is -3.42. The Morgan fingerprint density at radius 3 is 2.38 bits per heavy atom. The maximum Gasteiger partial charge on any atom is 0.242 e. The monoisotopic (exact) mass is 410 g/mol. The number of hydrogen-bond donors (Lipinski definition) is 1. The molecule has 0 aliphatic rings. The third kappa shape index (κ3) is 4.90. The number of benzene rings is 2. The zero-order valence-electron chi connectivity index (χ0n) is 13.5. The Hall–Kier alpha value is -1.70. The highest BCUT2D eigenvalue weighted by Gasteiger charge is 2.16. The first-order valence-electron chi connectivity index (χ1n) is 7.36. The maximum absolute atomic E-state index is 12.0. The highest BCUT2D eigenvalue weighted by atomic mass is 79.9. The van der Waals surface area contributed by atoms with Gasteiger partial charge >= 0.3 is 0 Å². The van der Waals surface area contributed by atoms with E-state index in [2.05, 4.69) is 21.2 Å². The fourth-order valence-electron chi connectivity index (χ4n) is 2.09. The van der Waals surface area contributed by atoms with E-state index < -0.39 is 10.0 Å². The number of nitrogens with one attached hydrogen (secondary N) is 1. The lowest BCUT2D eigenvalue weighted by Crippen LogP contribution is -2.22. The van der Waals surface area contributed by atoms with Crippen molar-refractivity contribution in [3.05, 3.63) is 58.6 Å². The molecule has 0 saturated carbocycles. The van der Waals surface area contributed by atoms with Crippen LogP contribution in [0.2, 0.25) is 0 Å². The van der Waals surface area contributed by atoms with Crippen molar-refractivity contribution in [1.29, 1.82) is 0 Å². The van der Waals surface area contributed by atoms with Gasteiger partial charge in [0.05, 0.1) is 4.90 Å². The molecule has 5 nitrogen and oxygen atoms in total. The Morgan fingerprint density at radius 1 is 1.12 bits per heavy atom. The molecule has 0 aliphatic carbocycles. The van der Waals surface area contributed by atoms with Gasteiger partial charge in [0.1, 0.15) is 0 Å². The highest BCUT2D eigenvalue weighted by molar-refractivity contribution is 9.10. The van der Waals surface area contributed by atoms with Crippen molar-refractivity contribution < 1.29 is 13.2 Å². The van der Waals surface area contributed by atoms with E-state index in [0.29, 0.717) is 12.8 Å². The summed E-state index contributed by atoms with van der Waals surface area (Å²) >= 11 is 3.36. The molecule has 2 aromatic rings. The van der Waals surface area contributed by atoms with Gasteiger partial charge in [-0.05, 0) is 42.3 Å². The first-order chi connectivity index (χ1) is 11.3. The van der Waals surface area contributed by atoms with Crippen molar-refractivity contribution in [2.24, 2.45) is 0 Å². The van der Waals surface area contributed by atoms with Crippen LogP contribution < -0.4 is 5.32 Å². The predicted octanol–water partition coefficient (Wildman–Crippen LogP) is 3.27. The standard InChI is InChI=1S/C17H19BrN2O3S/c1-20(2)24(22,23)16-9-6-13(7-10-16)8-11-17(21)19-15-5-3-4-14(18)12-15/h3-7,9-10,12H,8,11H2,1-2H3,(H,19,21). The molecule has 1 N–H and O–H groups in total. The number of aryl methyl sites for hydroxylation is 1. The molecule has 0 atom stereocenters. The van der Waals surface area contributed by atoms with Crippen LogP contribution in [-0.4, -0.2) is 32.7 Å². The van der Waals surface area contributed by atoms with Crippen molar-refractivity contribution in [1.82, 2.24) is 4.31 Å². The molecule has 0 fully saturated rings. The van der Waals surface area contributed by atoms with Gasteiger partial charge in [-0.15, -0.1) is 0 Å². The quantitative estimate of drug-likeness (QED) is 0.794. The molecule has 0 radical (unpaired) electrons. The molecule has 7 heteroatoms. The molecule has 2 aromatic carbocycles. The number of amides is 1. The summed E-state index contributed by atoms with van der Waals surface area (Å²) < 4.78 is 26.1. The van der Waals surface area contributed by atoms with Crippen LogP contribution in [0.1, 0.15) is 12.0 Å². The molecule has 0 heterocycles. The topological polar surface area (TPSA) is 66.5 Å². The van der Waals surface area contributed by atoms with Crippen molar-refractivity contribution >= 4 is 37.5 Å². The van der Waals surface area contributed by atoms with Crippen molar-refractivity contribution in [2.45, 2.75) is 17.7 Å². The van der Waals surface area contributed by atoms with E-state index in [9.17, 15) is 13.2 Å². The van der Waals surface area contributed by atoms with E-state index in [-0.39, 0.29) is 10.8 Å². The first-order valence-corrected chi connectivity index (χ1v) is 9.59. The van der Waals surface area contributed by atoms with E-state index >= 15 is 0 Å². The molecule has 24 heavy (non-hydrogen) atoms. The summed E-state index contributed by atoms with van der Waals surface area (Å²) in [6.45, 7) is 0. The molecule has 2 rings (SSSR count). The fraction of sp³-hybridized carbons (Fsp3) is 0.235. The smallest absolute Gasteiger partial charge is 0.242 e. The summed E-state index contributed by atoms with van der Waals surface area (Å²) in [6, 6.07) is 14.0. The minimum Gasteiger partial charge on any atom is -0.326 e. The number of anilines is 1. The molecule has 0 spiro atoms. The number of sulfonamides is 1. The number of carbonyl (C=O) groups is 1. The van der Waals surface area contributed by atoms with Crippen LogP contribution in [0.5, 0.6) is 0 Å². The van der Waals surface area contributed by atoms with Crippen LogP contribution >= 0.6 is 15.9 Å². The van der Waals surface area contributed by atoms with Gasteiger partial charge in [-0.3, -0.25) is 4.79 Å². The number of nitrogens with zero attached hydrogens (tertiary/aromatic N) is 1. The molecule has 128 valence electrons. The van der Waals surface area contributed by atoms with Gasteiger partial charge in [0.25, 0.3) is 0 Å². The zero-order valence-corrected chi connectivity index (χ0v) is 15.9. The summed E-state index contributed by atoms with van der Waals surface area (Å²) in [5, 5.41) is 2.83. The van der Waals surface area contributed by atoms with Crippen LogP contribution in [0, 0.1) is 0 Å². The van der Waals surface area contributed by atoms with Crippen molar-refractivity contribution in [2.75, 3.05) is 19.4 Å². The Balaban J connectivity index is 1.94. The van der Waals surface area contributed by atoms with Gasteiger partial charge in [0.15, 0.2) is 0 Å². The summed E-state index contributed by atoms with van der Waals surface area (Å²) in [6.07, 6.45) is 0.869. The van der Waals surface area contributed by atoms with Gasteiger partial charge in [-0.2, -0.15) is 0 Å². The van der Waals surface area contributed by atoms with Gasteiger partial charge in [0.2, 0.25) is 15.9 Å². The van der Waals surface area contributed by atoms with Crippen LogP contribution in [0.25, 0.3) is 0 Å². The third-order valence-corrected chi connectivity index (χ3v) is 5.77. The minimum absolute atomic E-state index is 0.0851. The average molecular weight is 411 g/mol. The Bertz CT molecular complexity index is 818. The second-order valence-corrected chi connectivity index (χ2v) is 8.56. The molecule has 0 saturated heterocycles. The highest BCUT2D eigenvalue weighted by Crippen LogP contribution is 2.17. The number of hydrogen-bond acceptors (Lipinski definition) is 3. The van der Waals surface area contributed by atoms with E-state index in [4.69, 9.17) is 0 Å². The van der Waals surface area contributed by atoms with Gasteiger partial charge in [0, 0.05) is 30.7 Å². The Labute approximate surface area is 150 Å². The molecular weight excluding hydrogens is 392 g/mol. The zero-order chi connectivity index (χ0) is 17.7. The van der Waals surface area contributed by atoms with E-state index in [1.807, 2.05) is 24.3 Å². The van der Waals surface area contributed by atoms with E-state index in [0.717, 1.165) is 15.7 Å². The Morgan fingerprint density at radius 2 is 1.79 bits per heavy atom.